The standard InChI is InChI=1S/C18H19F2N5O2/c19-13-6-7-15(14(20)10-13)24-18-16(25(26)27)17(22-11-23-18)21-9-8-12-4-2-1-3-5-12/h4,6-7,10-11H,1-3,5,8-9H2,(H2,21,22,23,24). The maximum absolute atomic E-state index is 13.8. The number of nitro groups is 1. The van der Waals surface area contributed by atoms with Crippen LogP contribution in [0.1, 0.15) is 32.1 Å². The summed E-state index contributed by atoms with van der Waals surface area (Å²) in [5, 5.41) is 17.0. The van der Waals surface area contributed by atoms with Gasteiger partial charge in [-0.2, -0.15) is 0 Å². The van der Waals surface area contributed by atoms with Crippen molar-refractivity contribution in [2.45, 2.75) is 32.1 Å². The van der Waals surface area contributed by atoms with Gasteiger partial charge in [0.2, 0.25) is 11.6 Å². The van der Waals surface area contributed by atoms with Crippen molar-refractivity contribution in [3.8, 4) is 0 Å². The Labute approximate surface area is 154 Å². The monoisotopic (exact) mass is 375 g/mol. The topological polar surface area (TPSA) is 93.0 Å². The van der Waals surface area contributed by atoms with E-state index in [-0.39, 0.29) is 23.0 Å². The second kappa shape index (κ2) is 8.52. The average Bonchev–Trinajstić information content (AvgIpc) is 2.65. The number of anilines is 3. The summed E-state index contributed by atoms with van der Waals surface area (Å²) in [4.78, 5) is 18.7. The van der Waals surface area contributed by atoms with Gasteiger partial charge in [0.15, 0.2) is 0 Å². The molecule has 0 bridgehead atoms. The molecule has 0 fully saturated rings. The summed E-state index contributed by atoms with van der Waals surface area (Å²) in [5.74, 6) is -1.73. The number of nitrogens with zero attached hydrogens (tertiary/aromatic N) is 3. The molecule has 1 heterocycles. The highest BCUT2D eigenvalue weighted by Gasteiger charge is 2.23. The zero-order chi connectivity index (χ0) is 19.2. The van der Waals surface area contributed by atoms with Gasteiger partial charge in [-0.3, -0.25) is 10.1 Å². The van der Waals surface area contributed by atoms with E-state index in [1.54, 1.807) is 0 Å². The Morgan fingerprint density at radius 2 is 2.00 bits per heavy atom. The van der Waals surface area contributed by atoms with Crippen LogP contribution in [0.2, 0.25) is 0 Å². The Morgan fingerprint density at radius 3 is 2.70 bits per heavy atom. The van der Waals surface area contributed by atoms with Crippen molar-refractivity contribution in [1.29, 1.82) is 0 Å². The maximum Gasteiger partial charge on any atom is 0.353 e. The first-order valence-electron chi connectivity index (χ1n) is 8.68. The third-order valence-electron chi connectivity index (χ3n) is 4.31. The van der Waals surface area contributed by atoms with Crippen LogP contribution < -0.4 is 10.6 Å². The van der Waals surface area contributed by atoms with Crippen LogP contribution in [0.4, 0.5) is 31.8 Å². The minimum absolute atomic E-state index is 0.0522. The average molecular weight is 375 g/mol. The molecule has 2 N–H and O–H groups in total. The van der Waals surface area contributed by atoms with Gasteiger partial charge >= 0.3 is 5.69 Å². The molecule has 7 nitrogen and oxygen atoms in total. The molecule has 1 aliphatic carbocycles. The number of rotatable bonds is 7. The highest BCUT2D eigenvalue weighted by Crippen LogP contribution is 2.32. The molecule has 27 heavy (non-hydrogen) atoms. The molecule has 2 aromatic rings. The van der Waals surface area contributed by atoms with Crippen LogP contribution in [-0.4, -0.2) is 21.4 Å². The minimum Gasteiger partial charge on any atom is -0.364 e. The van der Waals surface area contributed by atoms with E-state index in [0.29, 0.717) is 12.6 Å². The lowest BCUT2D eigenvalue weighted by Crippen LogP contribution is -2.10. The Hall–Kier alpha value is -3.10. The van der Waals surface area contributed by atoms with Crippen molar-refractivity contribution in [3.63, 3.8) is 0 Å². The predicted octanol–water partition coefficient (Wildman–Crippen LogP) is 4.71. The van der Waals surface area contributed by atoms with Crippen LogP contribution >= 0.6 is 0 Å². The fourth-order valence-corrected chi connectivity index (χ4v) is 2.96. The van der Waals surface area contributed by atoms with E-state index in [1.165, 1.54) is 12.0 Å². The van der Waals surface area contributed by atoms with Crippen LogP contribution in [0, 0.1) is 21.7 Å². The molecule has 0 spiro atoms. The molecule has 142 valence electrons. The number of halogens is 2. The van der Waals surface area contributed by atoms with E-state index in [0.717, 1.165) is 44.1 Å². The summed E-state index contributed by atoms with van der Waals surface area (Å²) in [7, 11) is 0. The number of benzene rings is 1. The van der Waals surface area contributed by atoms with Crippen LogP contribution in [0.3, 0.4) is 0 Å². The lowest BCUT2D eigenvalue weighted by molar-refractivity contribution is -0.383. The molecule has 0 atom stereocenters. The SMILES string of the molecule is O=[N+]([O-])c1c(NCCC2=CCCCC2)ncnc1Nc1ccc(F)cc1F. The van der Waals surface area contributed by atoms with Gasteiger partial charge in [-0.1, -0.05) is 11.6 Å². The molecule has 1 aromatic heterocycles. The summed E-state index contributed by atoms with van der Waals surface area (Å²) in [6, 6.07) is 2.89. The van der Waals surface area contributed by atoms with E-state index < -0.39 is 16.6 Å². The molecule has 0 radical (unpaired) electrons. The Kier molecular flexibility index (Phi) is 5.90. The zero-order valence-corrected chi connectivity index (χ0v) is 14.5. The maximum atomic E-state index is 13.8. The summed E-state index contributed by atoms with van der Waals surface area (Å²) in [6.45, 7) is 0.494. The van der Waals surface area contributed by atoms with Crippen LogP contribution in [0.25, 0.3) is 0 Å². The van der Waals surface area contributed by atoms with Crippen molar-refractivity contribution < 1.29 is 13.7 Å². The van der Waals surface area contributed by atoms with Crippen LogP contribution in [0.15, 0.2) is 36.2 Å². The van der Waals surface area contributed by atoms with Gasteiger partial charge in [-0.15, -0.1) is 0 Å². The molecular formula is C18H19F2N5O2. The van der Waals surface area contributed by atoms with E-state index in [1.807, 2.05) is 0 Å². The van der Waals surface area contributed by atoms with Crippen molar-refractivity contribution in [2.24, 2.45) is 0 Å². The van der Waals surface area contributed by atoms with Gasteiger partial charge in [0.25, 0.3) is 0 Å². The van der Waals surface area contributed by atoms with E-state index >= 15 is 0 Å². The number of allylic oxidation sites excluding steroid dienone is 1. The van der Waals surface area contributed by atoms with Gasteiger partial charge in [-0.05, 0) is 44.2 Å². The quantitative estimate of drug-likeness (QED) is 0.414. The third-order valence-corrected chi connectivity index (χ3v) is 4.31. The summed E-state index contributed by atoms with van der Waals surface area (Å²) >= 11 is 0. The lowest BCUT2D eigenvalue weighted by atomic mass is 9.97. The Balaban J connectivity index is 1.77. The summed E-state index contributed by atoms with van der Waals surface area (Å²) in [5.41, 5.74) is 0.826. The Bertz CT molecular complexity index is 873. The highest BCUT2D eigenvalue weighted by molar-refractivity contribution is 5.73. The molecule has 0 unspecified atom stereocenters. The van der Waals surface area contributed by atoms with E-state index in [9.17, 15) is 18.9 Å². The predicted molar refractivity (Wildman–Crippen MR) is 98.0 cm³/mol. The zero-order valence-electron chi connectivity index (χ0n) is 14.5. The first-order valence-corrected chi connectivity index (χ1v) is 8.68. The van der Waals surface area contributed by atoms with Crippen molar-refractivity contribution in [2.75, 3.05) is 17.2 Å². The smallest absolute Gasteiger partial charge is 0.353 e. The van der Waals surface area contributed by atoms with E-state index in [4.69, 9.17) is 0 Å². The normalized spacial score (nSPS) is 13.8. The molecule has 1 aromatic carbocycles. The summed E-state index contributed by atoms with van der Waals surface area (Å²) in [6.07, 6.45) is 8.61. The molecule has 3 rings (SSSR count). The molecule has 1 aliphatic rings. The van der Waals surface area contributed by atoms with E-state index in [2.05, 4.69) is 26.7 Å². The lowest BCUT2D eigenvalue weighted by Gasteiger charge is -2.14. The van der Waals surface area contributed by atoms with Gasteiger partial charge in [0.05, 0.1) is 10.6 Å². The molecule has 0 saturated heterocycles. The van der Waals surface area contributed by atoms with Gasteiger partial charge in [0.1, 0.15) is 18.0 Å². The van der Waals surface area contributed by atoms with Crippen molar-refractivity contribution >= 4 is 23.0 Å². The number of nitrogens with one attached hydrogen (secondary N) is 2. The minimum atomic E-state index is -0.873. The summed E-state index contributed by atoms with van der Waals surface area (Å²) < 4.78 is 26.9. The largest absolute Gasteiger partial charge is 0.364 e. The number of hydrogen-bond donors (Lipinski definition) is 2. The third kappa shape index (κ3) is 4.75. The first kappa shape index (κ1) is 18.7. The molecule has 0 amide bonds. The van der Waals surface area contributed by atoms with Crippen LogP contribution in [0.5, 0.6) is 0 Å². The first-order chi connectivity index (χ1) is 13.0. The molecule has 9 heteroatoms. The Morgan fingerprint density at radius 1 is 1.19 bits per heavy atom. The molecular weight excluding hydrogens is 356 g/mol. The van der Waals surface area contributed by atoms with Crippen molar-refractivity contribution in [3.05, 3.63) is 57.9 Å². The van der Waals surface area contributed by atoms with Crippen LogP contribution in [-0.2, 0) is 0 Å². The second-order valence-corrected chi connectivity index (χ2v) is 6.21. The van der Waals surface area contributed by atoms with Gasteiger partial charge in [0, 0.05) is 12.6 Å². The highest BCUT2D eigenvalue weighted by atomic mass is 19.1. The van der Waals surface area contributed by atoms with Crippen molar-refractivity contribution in [1.82, 2.24) is 9.97 Å². The number of hydrogen-bond acceptors (Lipinski definition) is 6. The van der Waals surface area contributed by atoms with Gasteiger partial charge in [-0.25, -0.2) is 18.7 Å². The number of aromatic nitrogens is 2. The fourth-order valence-electron chi connectivity index (χ4n) is 2.96. The van der Waals surface area contributed by atoms with Gasteiger partial charge < -0.3 is 10.6 Å². The molecule has 0 saturated carbocycles. The molecule has 0 aliphatic heterocycles. The second-order valence-electron chi connectivity index (χ2n) is 6.21. The fraction of sp³-hybridized carbons (Fsp3) is 0.333.